The van der Waals surface area contributed by atoms with Crippen LogP contribution in [0.25, 0.3) is 0 Å². The average molecular weight is 744 g/mol. The van der Waals surface area contributed by atoms with Gasteiger partial charge in [-0.05, 0) is 53.9 Å². The van der Waals surface area contributed by atoms with Crippen LogP contribution in [0.4, 0.5) is 5.69 Å². The molecule has 0 saturated carbocycles. The van der Waals surface area contributed by atoms with Crippen molar-refractivity contribution in [3.8, 4) is 0 Å². The number of fused-ring (bicyclic) bond motifs is 1. The third kappa shape index (κ3) is 21.0. The first kappa shape index (κ1) is 48.4. The fraction of sp³-hybridized carbons (Fsp3) is 0.774. The molecule has 0 amide bonds. The van der Waals surface area contributed by atoms with Crippen LogP contribution in [0.1, 0.15) is 252 Å². The zero-order valence-corrected chi connectivity index (χ0v) is 37.6. The number of aryl methyl sites for hydroxylation is 1. The summed E-state index contributed by atoms with van der Waals surface area (Å²) in [5.74, 6) is 0.574. The molecule has 0 aromatic heterocycles. The van der Waals surface area contributed by atoms with Crippen molar-refractivity contribution < 1.29 is 0 Å². The van der Waals surface area contributed by atoms with Gasteiger partial charge < -0.3 is 5.32 Å². The van der Waals surface area contributed by atoms with Gasteiger partial charge in [-0.3, -0.25) is 0 Å². The molecule has 1 aromatic carbocycles. The average Bonchev–Trinajstić information content (AvgIpc) is 3.42. The predicted octanol–water partition coefficient (Wildman–Crippen LogP) is 18.3. The van der Waals surface area contributed by atoms with Crippen LogP contribution in [-0.4, -0.2) is 0 Å². The molecule has 1 aliphatic rings. The Morgan fingerprint density at radius 1 is 0.556 bits per heavy atom. The molecule has 0 radical (unpaired) electrons. The number of rotatable bonds is 35. The van der Waals surface area contributed by atoms with Crippen LogP contribution >= 0.6 is 0 Å². The van der Waals surface area contributed by atoms with Crippen LogP contribution in [0.15, 0.2) is 54.3 Å². The summed E-state index contributed by atoms with van der Waals surface area (Å²) in [4.78, 5) is 0. The van der Waals surface area contributed by atoms with E-state index in [1.807, 2.05) is 0 Å². The Morgan fingerprint density at radius 2 is 0.981 bits per heavy atom. The van der Waals surface area contributed by atoms with Crippen LogP contribution in [-0.2, 0) is 11.8 Å². The van der Waals surface area contributed by atoms with E-state index in [2.05, 4.69) is 102 Å². The van der Waals surface area contributed by atoms with Crippen molar-refractivity contribution in [2.24, 2.45) is 11.3 Å². The van der Waals surface area contributed by atoms with E-state index in [1.54, 1.807) is 5.56 Å². The van der Waals surface area contributed by atoms with Crippen molar-refractivity contribution in [3.05, 3.63) is 65.4 Å². The molecule has 1 heteroatoms. The molecule has 1 nitrogen and oxygen atoms in total. The first-order valence-electron chi connectivity index (χ1n) is 24.2. The van der Waals surface area contributed by atoms with E-state index in [9.17, 15) is 0 Å². The molecule has 1 unspecified atom stereocenters. The molecule has 1 aromatic rings. The fourth-order valence-electron chi connectivity index (χ4n) is 8.73. The lowest BCUT2D eigenvalue weighted by Crippen LogP contribution is -2.19. The van der Waals surface area contributed by atoms with Gasteiger partial charge in [0.1, 0.15) is 0 Å². The zero-order chi connectivity index (χ0) is 39.2. The molecule has 1 N–H and O–H groups in total. The number of allylic oxidation sites excluding steroid dienone is 6. The third-order valence-electron chi connectivity index (χ3n) is 13.1. The van der Waals surface area contributed by atoms with Gasteiger partial charge in [0.15, 0.2) is 0 Å². The van der Waals surface area contributed by atoms with Gasteiger partial charge in [0.05, 0.1) is 0 Å². The van der Waals surface area contributed by atoms with Crippen molar-refractivity contribution in [1.29, 1.82) is 0 Å². The summed E-state index contributed by atoms with van der Waals surface area (Å²) in [6, 6.07) is 6.92. The Kier molecular flexibility index (Phi) is 27.2. The van der Waals surface area contributed by atoms with Gasteiger partial charge in [0.2, 0.25) is 0 Å². The van der Waals surface area contributed by atoms with Gasteiger partial charge >= 0.3 is 0 Å². The smallest absolute Gasteiger partial charge is 0.0426 e. The maximum Gasteiger partial charge on any atom is 0.0426 e. The number of unbranched alkanes of at least 4 members (excludes halogenated alkanes) is 27. The van der Waals surface area contributed by atoms with E-state index >= 15 is 0 Å². The minimum Gasteiger partial charge on any atom is -0.358 e. The predicted molar refractivity (Wildman–Crippen MR) is 246 cm³/mol. The number of anilines is 1. The molecular formula is C53H93N. The molecule has 0 fully saturated rings. The molecular weight excluding hydrogens is 651 g/mol. The molecule has 1 heterocycles. The quantitative estimate of drug-likeness (QED) is 0.0539. The number of nitrogens with one attached hydrogen (secondary N) is 1. The van der Waals surface area contributed by atoms with Gasteiger partial charge in [0, 0.05) is 16.8 Å². The highest BCUT2D eigenvalue weighted by Gasteiger charge is 2.36. The highest BCUT2D eigenvalue weighted by atomic mass is 15.0. The van der Waals surface area contributed by atoms with Gasteiger partial charge in [-0.25, -0.2) is 0 Å². The minimum absolute atomic E-state index is 0.0121. The second-order valence-corrected chi connectivity index (χ2v) is 18.8. The monoisotopic (exact) mass is 744 g/mol. The zero-order valence-electron chi connectivity index (χ0n) is 37.6. The lowest BCUT2D eigenvalue weighted by molar-refractivity contribution is 0.244. The van der Waals surface area contributed by atoms with Gasteiger partial charge in [-0.2, -0.15) is 0 Å². The third-order valence-corrected chi connectivity index (χ3v) is 13.1. The topological polar surface area (TPSA) is 12.0 Å². The van der Waals surface area contributed by atoms with E-state index in [4.69, 9.17) is 0 Å². The van der Waals surface area contributed by atoms with Crippen molar-refractivity contribution in [2.75, 3.05) is 5.32 Å². The van der Waals surface area contributed by atoms with Crippen LogP contribution in [0, 0.1) is 11.3 Å². The maximum atomic E-state index is 3.79. The number of hydrogen-bond donors (Lipinski definition) is 1. The Morgan fingerprint density at radius 3 is 1.44 bits per heavy atom. The second kappa shape index (κ2) is 30.4. The fourth-order valence-corrected chi connectivity index (χ4v) is 8.73. The van der Waals surface area contributed by atoms with E-state index in [1.165, 1.54) is 216 Å². The largest absolute Gasteiger partial charge is 0.358 e. The Labute approximate surface area is 339 Å². The summed E-state index contributed by atoms with van der Waals surface area (Å²) in [5, 5.41) is 3.79. The van der Waals surface area contributed by atoms with Crippen molar-refractivity contribution in [2.45, 2.75) is 253 Å². The summed E-state index contributed by atoms with van der Waals surface area (Å²) in [7, 11) is 0. The Hall–Kier alpha value is -1.76. The summed E-state index contributed by atoms with van der Waals surface area (Å²) in [5.41, 5.74) is 6.05. The molecule has 310 valence electrons. The van der Waals surface area contributed by atoms with Gasteiger partial charge in [-0.15, -0.1) is 0 Å². The molecule has 0 saturated heterocycles. The summed E-state index contributed by atoms with van der Waals surface area (Å²) in [6.07, 6.45) is 55.4. The molecule has 1 aliphatic heterocycles. The molecule has 2 rings (SSSR count). The lowest BCUT2D eigenvalue weighted by atomic mass is 9.76. The van der Waals surface area contributed by atoms with Crippen LogP contribution in [0.2, 0.25) is 0 Å². The van der Waals surface area contributed by atoms with Crippen molar-refractivity contribution >= 4 is 5.69 Å². The van der Waals surface area contributed by atoms with Crippen molar-refractivity contribution in [3.63, 3.8) is 0 Å². The summed E-state index contributed by atoms with van der Waals surface area (Å²) < 4.78 is 0. The van der Waals surface area contributed by atoms with Crippen LogP contribution in [0.5, 0.6) is 0 Å². The van der Waals surface area contributed by atoms with E-state index in [0.717, 1.165) is 0 Å². The highest BCUT2D eigenvalue weighted by Crippen LogP contribution is 2.45. The van der Waals surface area contributed by atoms with E-state index < -0.39 is 0 Å². The lowest BCUT2D eigenvalue weighted by Gasteiger charge is -2.30. The maximum absolute atomic E-state index is 3.79. The number of benzene rings is 1. The molecule has 54 heavy (non-hydrogen) atoms. The first-order valence-corrected chi connectivity index (χ1v) is 24.2. The highest BCUT2D eigenvalue weighted by molar-refractivity contribution is 5.70. The molecule has 0 spiro atoms. The Balaban J connectivity index is 1.61. The Bertz CT molecular complexity index is 1130. The SMILES string of the molecule is CCCCCCCCCCCCCCCCCCc1cccc2c1C(C)(C)C(=CC=CC=CC(C)C(C)(C)CCCCCCCCCCCCCCC)N2. The summed E-state index contributed by atoms with van der Waals surface area (Å²) >= 11 is 0. The minimum atomic E-state index is 0.0121. The van der Waals surface area contributed by atoms with E-state index in [-0.39, 0.29) is 5.41 Å². The summed E-state index contributed by atoms with van der Waals surface area (Å²) in [6.45, 7) is 16.8. The molecule has 0 aliphatic carbocycles. The van der Waals surface area contributed by atoms with E-state index in [0.29, 0.717) is 11.3 Å². The van der Waals surface area contributed by atoms with Crippen LogP contribution in [0.3, 0.4) is 0 Å². The number of hydrogen-bond acceptors (Lipinski definition) is 1. The van der Waals surface area contributed by atoms with Gasteiger partial charge in [0.25, 0.3) is 0 Å². The van der Waals surface area contributed by atoms with Crippen molar-refractivity contribution in [1.82, 2.24) is 0 Å². The van der Waals surface area contributed by atoms with Crippen LogP contribution < -0.4 is 5.32 Å². The normalized spacial score (nSPS) is 15.5. The van der Waals surface area contributed by atoms with Gasteiger partial charge in [-0.1, -0.05) is 265 Å². The standard InChI is InChI=1S/C53H93N/c1-8-10-12-14-16-18-20-22-23-24-25-27-29-31-33-37-42-48-43-40-44-49-51(48)53(6,7)50(54-49)45-38-35-36-41-47(3)52(4,5)46-39-34-32-30-28-26-21-19-17-15-13-11-9-2/h35-36,38,40-41,43-45,47,54H,8-34,37,39,42,46H2,1-7H3. The first-order chi connectivity index (χ1) is 26.2. The molecule has 1 atom stereocenters. The molecule has 0 bridgehead atoms. The second-order valence-electron chi connectivity index (χ2n) is 18.8.